The summed E-state index contributed by atoms with van der Waals surface area (Å²) in [5, 5.41) is 5.78. The Morgan fingerprint density at radius 3 is 2.74 bits per heavy atom. The molecule has 0 saturated heterocycles. The van der Waals surface area contributed by atoms with Gasteiger partial charge in [0.15, 0.2) is 17.7 Å². The molecule has 0 aliphatic carbocycles. The number of hydrogen-bond donors (Lipinski definition) is 2. The van der Waals surface area contributed by atoms with Gasteiger partial charge in [0.25, 0.3) is 5.91 Å². The summed E-state index contributed by atoms with van der Waals surface area (Å²) in [6, 6.07) is 6.09. The Balaban J connectivity index is 2.48. The van der Waals surface area contributed by atoms with E-state index in [9.17, 15) is 9.18 Å². The smallest absolute Gasteiger partial charge is 0.261 e. The van der Waals surface area contributed by atoms with E-state index < -0.39 is 11.9 Å². The molecular weight excluding hydrogens is 247 g/mol. The first kappa shape index (κ1) is 15.4. The molecule has 0 aliphatic heterocycles. The van der Waals surface area contributed by atoms with Crippen LogP contribution in [-0.2, 0) is 4.79 Å². The maximum absolute atomic E-state index is 13.4. The van der Waals surface area contributed by atoms with E-state index in [2.05, 4.69) is 10.6 Å². The molecule has 1 amide bonds. The van der Waals surface area contributed by atoms with E-state index in [4.69, 9.17) is 4.74 Å². The van der Waals surface area contributed by atoms with Gasteiger partial charge in [0.05, 0.1) is 0 Å². The molecule has 0 bridgehead atoms. The summed E-state index contributed by atoms with van der Waals surface area (Å²) >= 11 is 0. The largest absolute Gasteiger partial charge is 0.478 e. The quantitative estimate of drug-likeness (QED) is 0.706. The zero-order valence-electron chi connectivity index (χ0n) is 11.4. The summed E-state index contributed by atoms with van der Waals surface area (Å²) < 4.78 is 18.8. The lowest BCUT2D eigenvalue weighted by molar-refractivity contribution is -0.128. The Hall–Kier alpha value is -1.62. The van der Waals surface area contributed by atoms with Crippen molar-refractivity contribution in [2.45, 2.75) is 25.9 Å². The number of hydrogen-bond acceptors (Lipinski definition) is 3. The molecular formula is C14H21FN2O2. The lowest BCUT2D eigenvalue weighted by Gasteiger charge is -2.17. The van der Waals surface area contributed by atoms with E-state index in [1.54, 1.807) is 12.1 Å². The summed E-state index contributed by atoms with van der Waals surface area (Å²) in [7, 11) is 1.86. The van der Waals surface area contributed by atoms with Crippen LogP contribution in [0.5, 0.6) is 5.75 Å². The van der Waals surface area contributed by atoms with E-state index in [0.717, 1.165) is 13.0 Å². The SMILES string of the molecule is CCC(Oc1ccccc1F)C(=O)NCCCNC. The highest BCUT2D eigenvalue weighted by Gasteiger charge is 2.19. The van der Waals surface area contributed by atoms with Crippen molar-refractivity contribution in [3.05, 3.63) is 30.1 Å². The summed E-state index contributed by atoms with van der Waals surface area (Å²) in [4.78, 5) is 11.9. The highest BCUT2D eigenvalue weighted by atomic mass is 19.1. The van der Waals surface area contributed by atoms with Gasteiger partial charge in [-0.2, -0.15) is 0 Å². The minimum atomic E-state index is -0.661. The van der Waals surface area contributed by atoms with Gasteiger partial charge >= 0.3 is 0 Å². The predicted molar refractivity (Wildman–Crippen MR) is 72.7 cm³/mol. The van der Waals surface area contributed by atoms with Crippen molar-refractivity contribution < 1.29 is 13.9 Å². The van der Waals surface area contributed by atoms with E-state index in [0.29, 0.717) is 13.0 Å². The molecule has 0 heterocycles. The molecule has 1 aromatic carbocycles. The third-order valence-electron chi connectivity index (χ3n) is 2.67. The number of benzene rings is 1. The van der Waals surface area contributed by atoms with Crippen LogP contribution in [0.4, 0.5) is 4.39 Å². The molecule has 5 heteroatoms. The van der Waals surface area contributed by atoms with Gasteiger partial charge in [-0.3, -0.25) is 4.79 Å². The van der Waals surface area contributed by atoms with Gasteiger partial charge in [-0.15, -0.1) is 0 Å². The van der Waals surface area contributed by atoms with Crippen molar-refractivity contribution in [1.29, 1.82) is 0 Å². The van der Waals surface area contributed by atoms with Gasteiger partial charge in [0, 0.05) is 6.54 Å². The summed E-state index contributed by atoms with van der Waals surface area (Å²) in [6.07, 6.45) is 0.677. The average Bonchev–Trinajstić information content (AvgIpc) is 2.42. The van der Waals surface area contributed by atoms with Gasteiger partial charge in [-0.05, 0) is 38.6 Å². The zero-order chi connectivity index (χ0) is 14.1. The topological polar surface area (TPSA) is 50.4 Å². The van der Waals surface area contributed by atoms with Crippen molar-refractivity contribution in [3.8, 4) is 5.75 Å². The Labute approximate surface area is 113 Å². The Bertz CT molecular complexity index is 399. The molecule has 0 radical (unpaired) electrons. The summed E-state index contributed by atoms with van der Waals surface area (Å²) in [5.41, 5.74) is 0. The van der Waals surface area contributed by atoms with Crippen LogP contribution in [0, 0.1) is 5.82 Å². The monoisotopic (exact) mass is 268 g/mol. The van der Waals surface area contributed by atoms with E-state index in [1.165, 1.54) is 12.1 Å². The predicted octanol–water partition coefficient (Wildman–Crippen LogP) is 1.71. The molecule has 1 unspecified atom stereocenters. The van der Waals surface area contributed by atoms with E-state index in [-0.39, 0.29) is 11.7 Å². The standard InChI is InChI=1S/C14H21FN2O2/c1-3-12(14(18)17-10-6-9-16-2)19-13-8-5-4-7-11(13)15/h4-5,7-8,12,16H,3,6,9-10H2,1-2H3,(H,17,18). The normalized spacial score (nSPS) is 11.9. The fourth-order valence-corrected chi connectivity index (χ4v) is 1.61. The molecule has 0 spiro atoms. The van der Waals surface area contributed by atoms with Crippen molar-refractivity contribution in [2.24, 2.45) is 0 Å². The zero-order valence-corrected chi connectivity index (χ0v) is 11.4. The third-order valence-corrected chi connectivity index (χ3v) is 2.67. The minimum absolute atomic E-state index is 0.111. The van der Waals surface area contributed by atoms with Crippen LogP contribution in [-0.4, -0.2) is 32.1 Å². The van der Waals surface area contributed by atoms with Crippen LogP contribution in [0.25, 0.3) is 0 Å². The van der Waals surface area contributed by atoms with Crippen LogP contribution in [0.15, 0.2) is 24.3 Å². The highest BCUT2D eigenvalue weighted by Crippen LogP contribution is 2.18. The van der Waals surface area contributed by atoms with Crippen LogP contribution >= 0.6 is 0 Å². The highest BCUT2D eigenvalue weighted by molar-refractivity contribution is 5.81. The lowest BCUT2D eigenvalue weighted by Crippen LogP contribution is -2.39. The Kier molecular flexibility index (Phi) is 6.89. The number of nitrogens with one attached hydrogen (secondary N) is 2. The number of para-hydroxylation sites is 1. The maximum Gasteiger partial charge on any atom is 0.261 e. The van der Waals surface area contributed by atoms with Crippen LogP contribution in [0.2, 0.25) is 0 Å². The van der Waals surface area contributed by atoms with Gasteiger partial charge in [0.1, 0.15) is 0 Å². The molecule has 1 rings (SSSR count). The fourth-order valence-electron chi connectivity index (χ4n) is 1.61. The Morgan fingerprint density at radius 2 is 2.11 bits per heavy atom. The fraction of sp³-hybridized carbons (Fsp3) is 0.500. The number of rotatable bonds is 8. The molecule has 19 heavy (non-hydrogen) atoms. The summed E-state index contributed by atoms with van der Waals surface area (Å²) in [6.45, 7) is 3.25. The second kappa shape index (κ2) is 8.48. The molecule has 1 atom stereocenters. The van der Waals surface area contributed by atoms with Gasteiger partial charge in [0.2, 0.25) is 0 Å². The van der Waals surface area contributed by atoms with Gasteiger partial charge in [-0.1, -0.05) is 19.1 Å². The average molecular weight is 268 g/mol. The molecule has 1 aromatic rings. The van der Waals surface area contributed by atoms with E-state index in [1.807, 2.05) is 14.0 Å². The third kappa shape index (κ3) is 5.26. The molecule has 2 N–H and O–H groups in total. The summed E-state index contributed by atoms with van der Waals surface area (Å²) in [5.74, 6) is -0.550. The second-order valence-electron chi connectivity index (χ2n) is 4.19. The van der Waals surface area contributed by atoms with Crippen molar-refractivity contribution >= 4 is 5.91 Å². The van der Waals surface area contributed by atoms with Crippen molar-refractivity contribution in [3.63, 3.8) is 0 Å². The molecule has 0 aliphatic rings. The first-order valence-electron chi connectivity index (χ1n) is 6.52. The Morgan fingerprint density at radius 1 is 1.37 bits per heavy atom. The molecule has 4 nitrogen and oxygen atoms in total. The number of amides is 1. The lowest BCUT2D eigenvalue weighted by atomic mass is 10.2. The number of carbonyl (C=O) groups excluding carboxylic acids is 1. The van der Waals surface area contributed by atoms with Crippen LogP contribution in [0.1, 0.15) is 19.8 Å². The number of halogens is 1. The molecule has 106 valence electrons. The molecule has 0 aromatic heterocycles. The minimum Gasteiger partial charge on any atom is -0.478 e. The number of carbonyl (C=O) groups is 1. The van der Waals surface area contributed by atoms with Gasteiger partial charge < -0.3 is 15.4 Å². The van der Waals surface area contributed by atoms with Crippen molar-refractivity contribution in [2.75, 3.05) is 20.1 Å². The number of ether oxygens (including phenoxy) is 1. The maximum atomic E-state index is 13.4. The van der Waals surface area contributed by atoms with Crippen LogP contribution in [0.3, 0.4) is 0 Å². The second-order valence-corrected chi connectivity index (χ2v) is 4.19. The molecule has 0 saturated carbocycles. The first-order valence-corrected chi connectivity index (χ1v) is 6.52. The first-order chi connectivity index (χ1) is 9.19. The van der Waals surface area contributed by atoms with Crippen LogP contribution < -0.4 is 15.4 Å². The van der Waals surface area contributed by atoms with Gasteiger partial charge in [-0.25, -0.2) is 4.39 Å². The molecule has 0 fully saturated rings. The van der Waals surface area contributed by atoms with E-state index >= 15 is 0 Å². The van der Waals surface area contributed by atoms with Crippen molar-refractivity contribution in [1.82, 2.24) is 10.6 Å².